The fourth-order valence-electron chi connectivity index (χ4n) is 5.62. The molecule has 1 aromatic heterocycles. The highest BCUT2D eigenvalue weighted by atomic mass is 35.5. The van der Waals surface area contributed by atoms with Gasteiger partial charge < -0.3 is 20.3 Å². The SMILES string of the molecule is O=C(CN1Cc2ccc(-c3nc(NC4CCOCC4)ncc3Cl)cc2C1=O)N[C@H]1CCCc2ccccc21. The number of rotatable bonds is 6. The van der Waals surface area contributed by atoms with E-state index >= 15 is 0 Å². The lowest BCUT2D eigenvalue weighted by Gasteiger charge is -2.27. The Balaban J connectivity index is 1.14. The number of hydrogen-bond donors (Lipinski definition) is 2. The number of carbonyl (C=O) groups excluding carboxylic acids is 2. The van der Waals surface area contributed by atoms with Crippen LogP contribution in [0.3, 0.4) is 0 Å². The lowest BCUT2D eigenvalue weighted by molar-refractivity contribution is -0.122. The highest BCUT2D eigenvalue weighted by molar-refractivity contribution is 6.33. The number of aromatic nitrogens is 2. The van der Waals surface area contributed by atoms with Gasteiger partial charge in [-0.3, -0.25) is 9.59 Å². The molecule has 0 spiro atoms. The summed E-state index contributed by atoms with van der Waals surface area (Å²) in [5, 5.41) is 6.93. The molecule has 1 saturated heterocycles. The largest absolute Gasteiger partial charge is 0.381 e. The van der Waals surface area contributed by atoms with Crippen LogP contribution in [0.25, 0.3) is 11.3 Å². The number of ether oxygens (including phenoxy) is 1. The first-order valence-electron chi connectivity index (χ1n) is 13.2. The van der Waals surface area contributed by atoms with Crippen LogP contribution in [0.2, 0.25) is 5.02 Å². The maximum Gasteiger partial charge on any atom is 0.254 e. The normalized spacial score (nSPS) is 19.1. The van der Waals surface area contributed by atoms with E-state index in [4.69, 9.17) is 16.3 Å². The molecule has 3 heterocycles. The van der Waals surface area contributed by atoms with Crippen LogP contribution in [-0.2, 0) is 22.5 Å². The smallest absolute Gasteiger partial charge is 0.254 e. The van der Waals surface area contributed by atoms with Crippen LogP contribution in [0, 0.1) is 0 Å². The number of fused-ring (bicyclic) bond motifs is 2. The molecule has 38 heavy (non-hydrogen) atoms. The van der Waals surface area contributed by atoms with E-state index in [1.54, 1.807) is 11.1 Å². The van der Waals surface area contributed by atoms with E-state index in [0.29, 0.717) is 42.0 Å². The number of anilines is 1. The van der Waals surface area contributed by atoms with Crippen molar-refractivity contribution in [1.29, 1.82) is 0 Å². The van der Waals surface area contributed by atoms with Crippen LogP contribution in [0.5, 0.6) is 0 Å². The Morgan fingerprint density at radius 3 is 2.82 bits per heavy atom. The molecule has 1 aliphatic carbocycles. The molecule has 196 valence electrons. The van der Waals surface area contributed by atoms with Gasteiger partial charge in [-0.15, -0.1) is 0 Å². The Morgan fingerprint density at radius 2 is 1.95 bits per heavy atom. The van der Waals surface area contributed by atoms with Crippen molar-refractivity contribution >= 4 is 29.4 Å². The second-order valence-corrected chi connectivity index (χ2v) is 10.6. The summed E-state index contributed by atoms with van der Waals surface area (Å²) in [4.78, 5) is 36.8. The molecule has 0 unspecified atom stereocenters. The van der Waals surface area contributed by atoms with Gasteiger partial charge in [0.2, 0.25) is 11.9 Å². The Kier molecular flexibility index (Phi) is 7.00. The molecule has 2 amide bonds. The molecule has 3 aromatic rings. The molecule has 1 fully saturated rings. The molecule has 8 nitrogen and oxygen atoms in total. The number of amides is 2. The second-order valence-electron chi connectivity index (χ2n) is 10.2. The number of hydrogen-bond acceptors (Lipinski definition) is 6. The highest BCUT2D eigenvalue weighted by Crippen LogP contribution is 2.32. The molecular weight excluding hydrogens is 502 g/mol. The van der Waals surface area contributed by atoms with Crippen LogP contribution in [0.15, 0.2) is 48.7 Å². The van der Waals surface area contributed by atoms with Crippen molar-refractivity contribution in [3.63, 3.8) is 0 Å². The minimum atomic E-state index is -0.160. The van der Waals surface area contributed by atoms with E-state index in [-0.39, 0.29) is 30.4 Å². The van der Waals surface area contributed by atoms with E-state index < -0.39 is 0 Å². The summed E-state index contributed by atoms with van der Waals surface area (Å²) in [5.41, 5.74) is 5.24. The lowest BCUT2D eigenvalue weighted by atomic mass is 9.88. The van der Waals surface area contributed by atoms with Gasteiger partial charge in [-0.1, -0.05) is 48.0 Å². The van der Waals surface area contributed by atoms with Crippen molar-refractivity contribution in [2.24, 2.45) is 0 Å². The third-order valence-corrected chi connectivity index (χ3v) is 7.88. The first-order valence-corrected chi connectivity index (χ1v) is 13.6. The minimum absolute atomic E-state index is 0.0111. The van der Waals surface area contributed by atoms with Crippen molar-refractivity contribution in [1.82, 2.24) is 20.2 Å². The Hall–Kier alpha value is -3.49. The van der Waals surface area contributed by atoms with Crippen LogP contribution in [-0.4, -0.2) is 52.5 Å². The summed E-state index contributed by atoms with van der Waals surface area (Å²) in [5.74, 6) is 0.202. The molecule has 0 saturated carbocycles. The topological polar surface area (TPSA) is 96.5 Å². The van der Waals surface area contributed by atoms with Gasteiger partial charge in [0.15, 0.2) is 0 Å². The van der Waals surface area contributed by atoms with Crippen LogP contribution < -0.4 is 10.6 Å². The maximum absolute atomic E-state index is 13.3. The number of aryl methyl sites for hydroxylation is 1. The molecular formula is C29H30ClN5O3. The molecule has 2 aromatic carbocycles. The Bertz CT molecular complexity index is 1370. The molecule has 0 bridgehead atoms. The van der Waals surface area contributed by atoms with Crippen LogP contribution >= 0.6 is 11.6 Å². The van der Waals surface area contributed by atoms with Crippen molar-refractivity contribution in [2.75, 3.05) is 25.1 Å². The Morgan fingerprint density at radius 1 is 1.11 bits per heavy atom. The molecule has 0 radical (unpaired) electrons. The standard InChI is InChI=1S/C29H30ClN5O3/c30-24-15-31-29(32-21-10-12-38-13-11-21)34-27(24)19-8-9-20-16-35(28(37)23(20)14-19)17-26(36)33-25-7-3-5-18-4-1-2-6-22(18)25/h1-2,4,6,8-9,14-15,21,25H,3,5,7,10-13,16-17H2,(H,33,36)(H,31,32,34)/t25-/m0/s1. The van der Waals surface area contributed by atoms with E-state index in [0.717, 1.165) is 43.2 Å². The zero-order valence-corrected chi connectivity index (χ0v) is 21.8. The molecule has 2 N–H and O–H groups in total. The molecule has 3 aliphatic rings. The van der Waals surface area contributed by atoms with Gasteiger partial charge in [-0.2, -0.15) is 0 Å². The van der Waals surface area contributed by atoms with Gasteiger partial charge in [0.25, 0.3) is 5.91 Å². The van der Waals surface area contributed by atoms with Gasteiger partial charge in [0.05, 0.1) is 23.0 Å². The van der Waals surface area contributed by atoms with Crippen molar-refractivity contribution in [2.45, 2.75) is 50.7 Å². The zero-order valence-electron chi connectivity index (χ0n) is 21.1. The average Bonchev–Trinajstić information content (AvgIpc) is 3.24. The predicted octanol–water partition coefficient (Wildman–Crippen LogP) is 4.54. The van der Waals surface area contributed by atoms with Crippen molar-refractivity contribution in [3.8, 4) is 11.3 Å². The highest BCUT2D eigenvalue weighted by Gasteiger charge is 2.31. The summed E-state index contributed by atoms with van der Waals surface area (Å²) < 4.78 is 5.42. The summed E-state index contributed by atoms with van der Waals surface area (Å²) in [7, 11) is 0. The first kappa shape index (κ1) is 24.8. The monoisotopic (exact) mass is 531 g/mol. The predicted molar refractivity (Wildman–Crippen MR) is 145 cm³/mol. The second kappa shape index (κ2) is 10.7. The summed E-state index contributed by atoms with van der Waals surface area (Å²) in [6.45, 7) is 1.85. The van der Waals surface area contributed by atoms with Crippen LogP contribution in [0.1, 0.15) is 58.8 Å². The number of carbonyl (C=O) groups is 2. The summed E-state index contributed by atoms with van der Waals surface area (Å²) in [6, 6.07) is 14.2. The van der Waals surface area contributed by atoms with Gasteiger partial charge >= 0.3 is 0 Å². The number of nitrogens with one attached hydrogen (secondary N) is 2. The lowest BCUT2D eigenvalue weighted by Crippen LogP contribution is -2.39. The fraction of sp³-hybridized carbons (Fsp3) is 0.379. The van der Waals surface area contributed by atoms with Gasteiger partial charge in [-0.05, 0) is 54.9 Å². The number of benzene rings is 2. The number of halogens is 1. The molecule has 2 aliphatic heterocycles. The van der Waals surface area contributed by atoms with E-state index in [1.165, 1.54) is 11.1 Å². The zero-order chi connectivity index (χ0) is 26.1. The third-order valence-electron chi connectivity index (χ3n) is 7.60. The first-order chi connectivity index (χ1) is 18.5. The van der Waals surface area contributed by atoms with Gasteiger partial charge in [-0.25, -0.2) is 9.97 Å². The summed E-state index contributed by atoms with van der Waals surface area (Å²) >= 11 is 6.47. The van der Waals surface area contributed by atoms with Gasteiger partial charge in [0, 0.05) is 36.9 Å². The number of nitrogens with zero attached hydrogens (tertiary/aromatic N) is 3. The van der Waals surface area contributed by atoms with E-state index in [9.17, 15) is 9.59 Å². The maximum atomic E-state index is 13.3. The fourth-order valence-corrected chi connectivity index (χ4v) is 5.82. The Labute approximate surface area is 226 Å². The quantitative estimate of drug-likeness (QED) is 0.485. The average molecular weight is 532 g/mol. The van der Waals surface area contributed by atoms with E-state index in [2.05, 4.69) is 32.7 Å². The summed E-state index contributed by atoms with van der Waals surface area (Å²) in [6.07, 6.45) is 6.35. The van der Waals surface area contributed by atoms with Gasteiger partial charge in [0.1, 0.15) is 6.54 Å². The third kappa shape index (κ3) is 5.11. The molecule has 9 heteroatoms. The van der Waals surface area contributed by atoms with Crippen molar-refractivity contribution in [3.05, 3.63) is 75.9 Å². The minimum Gasteiger partial charge on any atom is -0.381 e. The molecule has 6 rings (SSSR count). The van der Waals surface area contributed by atoms with Crippen LogP contribution in [0.4, 0.5) is 5.95 Å². The van der Waals surface area contributed by atoms with E-state index in [1.807, 2.05) is 30.3 Å². The molecule has 1 atom stereocenters. The van der Waals surface area contributed by atoms with Crippen molar-refractivity contribution < 1.29 is 14.3 Å².